The van der Waals surface area contributed by atoms with Crippen molar-refractivity contribution in [3.8, 4) is 0 Å². The van der Waals surface area contributed by atoms with E-state index >= 15 is 0 Å². The smallest absolute Gasteiger partial charge is 0.272 e. The molecule has 2 aromatic heterocycles. The highest BCUT2D eigenvalue weighted by molar-refractivity contribution is 5.97. The number of hydrogen-bond acceptors (Lipinski definition) is 5. The second-order valence-corrected chi connectivity index (χ2v) is 9.34. The lowest BCUT2D eigenvalue weighted by Crippen LogP contribution is -2.42. The van der Waals surface area contributed by atoms with Crippen LogP contribution >= 0.6 is 0 Å². The summed E-state index contributed by atoms with van der Waals surface area (Å²) in [7, 11) is 1.76. The van der Waals surface area contributed by atoms with Crippen LogP contribution in [0.3, 0.4) is 0 Å². The van der Waals surface area contributed by atoms with Gasteiger partial charge in [0.05, 0.1) is 5.56 Å². The van der Waals surface area contributed by atoms with Crippen molar-refractivity contribution in [1.82, 2.24) is 19.8 Å². The molecule has 0 aromatic carbocycles. The summed E-state index contributed by atoms with van der Waals surface area (Å²) >= 11 is 0. The number of halogens is 2. The van der Waals surface area contributed by atoms with Gasteiger partial charge >= 0.3 is 0 Å². The van der Waals surface area contributed by atoms with Crippen molar-refractivity contribution in [3.05, 3.63) is 46.8 Å². The first kappa shape index (κ1) is 19.6. The number of hydrogen-bond donors (Lipinski definition) is 0. The summed E-state index contributed by atoms with van der Waals surface area (Å²) in [6.07, 6.45) is 1.96. The molecule has 2 unspecified atom stereocenters. The van der Waals surface area contributed by atoms with Gasteiger partial charge in [-0.15, -0.1) is 0 Å². The summed E-state index contributed by atoms with van der Waals surface area (Å²) in [5.74, 6) is -0.753. The van der Waals surface area contributed by atoms with E-state index in [1.165, 1.54) is 11.1 Å². The lowest BCUT2D eigenvalue weighted by molar-refractivity contribution is -0.0494. The first-order chi connectivity index (χ1) is 15.3. The van der Waals surface area contributed by atoms with E-state index in [2.05, 4.69) is 9.97 Å². The number of fused-ring (bicyclic) bond motifs is 4. The highest BCUT2D eigenvalue weighted by Gasteiger charge is 2.47. The van der Waals surface area contributed by atoms with Crippen LogP contribution in [0, 0.1) is 5.92 Å². The average Bonchev–Trinajstić information content (AvgIpc) is 3.52. The Morgan fingerprint density at radius 2 is 2.00 bits per heavy atom. The van der Waals surface area contributed by atoms with Crippen LogP contribution in [-0.4, -0.2) is 64.2 Å². The first-order valence-electron chi connectivity index (χ1n) is 11.0. The molecule has 1 saturated carbocycles. The van der Waals surface area contributed by atoms with Gasteiger partial charge < -0.3 is 14.7 Å². The van der Waals surface area contributed by atoms with Crippen molar-refractivity contribution < 1.29 is 18.4 Å². The third-order valence-electron chi connectivity index (χ3n) is 7.12. The van der Waals surface area contributed by atoms with Crippen molar-refractivity contribution in [2.45, 2.75) is 37.6 Å². The van der Waals surface area contributed by atoms with Crippen LogP contribution in [0.5, 0.6) is 0 Å². The van der Waals surface area contributed by atoms with Crippen molar-refractivity contribution in [1.29, 1.82) is 0 Å². The molecule has 32 heavy (non-hydrogen) atoms. The standard InChI is InChI=1S/C23H23F2N5O2/c1-28-11-13-2-3-18(27-19(13)22(28)32)30-12-15-9-16(15)17-8-14(10-26-20(17)30)21(31)29-6-4-23(24,25)5-7-29/h2-3,8,10,15-16H,4-7,9,11-12H2,1H3. The van der Waals surface area contributed by atoms with Gasteiger partial charge in [0.2, 0.25) is 0 Å². The number of anilines is 2. The van der Waals surface area contributed by atoms with Gasteiger partial charge in [0.15, 0.2) is 0 Å². The largest absolute Gasteiger partial charge is 0.338 e. The monoisotopic (exact) mass is 439 g/mol. The maximum atomic E-state index is 13.5. The number of likely N-dealkylation sites (tertiary alicyclic amines) is 1. The quantitative estimate of drug-likeness (QED) is 0.719. The molecule has 7 nitrogen and oxygen atoms in total. The van der Waals surface area contributed by atoms with Gasteiger partial charge in [0.25, 0.3) is 17.7 Å². The minimum atomic E-state index is -2.69. The van der Waals surface area contributed by atoms with E-state index in [9.17, 15) is 18.4 Å². The van der Waals surface area contributed by atoms with Crippen LogP contribution in [0.1, 0.15) is 57.2 Å². The molecular formula is C23H23F2N5O2. The van der Waals surface area contributed by atoms with Gasteiger partial charge in [-0.25, -0.2) is 18.7 Å². The molecule has 2 aromatic rings. The molecule has 5 heterocycles. The number of pyridine rings is 2. The minimum Gasteiger partial charge on any atom is -0.338 e. The van der Waals surface area contributed by atoms with Crippen LogP contribution in [0.2, 0.25) is 0 Å². The molecule has 1 aliphatic carbocycles. The van der Waals surface area contributed by atoms with Crippen LogP contribution in [0.15, 0.2) is 24.4 Å². The first-order valence-corrected chi connectivity index (χ1v) is 11.0. The zero-order chi connectivity index (χ0) is 22.2. The SMILES string of the molecule is CN1Cc2ccc(N3CC4CC4c4cc(C(=O)N5CCC(F)(F)CC5)cnc43)nc2C1=O. The highest BCUT2D eigenvalue weighted by atomic mass is 19.3. The van der Waals surface area contributed by atoms with E-state index in [1.54, 1.807) is 11.9 Å². The molecule has 3 aliphatic heterocycles. The van der Waals surface area contributed by atoms with E-state index in [0.29, 0.717) is 35.5 Å². The number of piperidine rings is 1. The Balaban J connectivity index is 1.30. The minimum absolute atomic E-state index is 0.0582. The summed E-state index contributed by atoms with van der Waals surface area (Å²) in [5, 5.41) is 0. The fraction of sp³-hybridized carbons (Fsp3) is 0.478. The molecule has 6 rings (SSSR count). The molecule has 9 heteroatoms. The molecule has 1 saturated heterocycles. The number of rotatable bonds is 2. The summed E-state index contributed by atoms with van der Waals surface area (Å²) in [6, 6.07) is 5.74. The summed E-state index contributed by atoms with van der Waals surface area (Å²) < 4.78 is 26.9. The molecule has 0 radical (unpaired) electrons. The van der Waals surface area contributed by atoms with E-state index in [1.807, 2.05) is 23.1 Å². The third kappa shape index (κ3) is 3.05. The van der Waals surface area contributed by atoms with Gasteiger partial charge in [0.1, 0.15) is 17.3 Å². The zero-order valence-electron chi connectivity index (χ0n) is 17.7. The van der Waals surface area contributed by atoms with Crippen molar-refractivity contribution in [3.63, 3.8) is 0 Å². The van der Waals surface area contributed by atoms with E-state index in [0.717, 1.165) is 29.9 Å². The summed E-state index contributed by atoms with van der Waals surface area (Å²) in [5.41, 5.74) is 2.85. The van der Waals surface area contributed by atoms with Crippen LogP contribution in [0.25, 0.3) is 0 Å². The van der Waals surface area contributed by atoms with E-state index < -0.39 is 5.92 Å². The number of aromatic nitrogens is 2. The number of carbonyl (C=O) groups excluding carboxylic acids is 2. The number of carbonyl (C=O) groups is 2. The molecular weight excluding hydrogens is 416 g/mol. The fourth-order valence-corrected chi connectivity index (χ4v) is 5.11. The van der Waals surface area contributed by atoms with Gasteiger partial charge in [-0.05, 0) is 36.0 Å². The number of amides is 2. The Hall–Kier alpha value is -3.10. The second kappa shape index (κ2) is 6.70. The van der Waals surface area contributed by atoms with Crippen LogP contribution < -0.4 is 4.90 Å². The number of alkyl halides is 2. The van der Waals surface area contributed by atoms with Crippen molar-refractivity contribution >= 4 is 23.5 Å². The van der Waals surface area contributed by atoms with Gasteiger partial charge in [-0.3, -0.25) is 9.59 Å². The molecule has 4 aliphatic rings. The molecule has 2 atom stereocenters. The second-order valence-electron chi connectivity index (χ2n) is 9.34. The topological polar surface area (TPSA) is 69.6 Å². The Morgan fingerprint density at radius 1 is 1.22 bits per heavy atom. The summed E-state index contributed by atoms with van der Waals surface area (Å²) in [4.78, 5) is 39.8. The lowest BCUT2D eigenvalue weighted by Gasteiger charge is -2.32. The fourth-order valence-electron chi connectivity index (χ4n) is 5.11. The maximum absolute atomic E-state index is 13.5. The van der Waals surface area contributed by atoms with Gasteiger partial charge in [-0.1, -0.05) is 6.07 Å². The molecule has 166 valence electrons. The van der Waals surface area contributed by atoms with Crippen LogP contribution in [-0.2, 0) is 6.54 Å². The molecule has 0 spiro atoms. The van der Waals surface area contributed by atoms with Gasteiger partial charge in [-0.2, -0.15) is 0 Å². The Labute approximate surface area is 184 Å². The Bertz CT molecular complexity index is 1140. The van der Waals surface area contributed by atoms with Gasteiger partial charge in [0, 0.05) is 57.8 Å². The molecule has 2 amide bonds. The molecule has 2 fully saturated rings. The predicted octanol–water partition coefficient (Wildman–Crippen LogP) is 3.19. The molecule has 0 N–H and O–H groups in total. The van der Waals surface area contributed by atoms with Crippen molar-refractivity contribution in [2.24, 2.45) is 5.92 Å². The normalized spacial score (nSPS) is 25.3. The predicted molar refractivity (Wildman–Crippen MR) is 112 cm³/mol. The lowest BCUT2D eigenvalue weighted by atomic mass is 10.0. The molecule has 0 bridgehead atoms. The zero-order valence-corrected chi connectivity index (χ0v) is 17.7. The third-order valence-corrected chi connectivity index (χ3v) is 7.12. The van der Waals surface area contributed by atoms with E-state index in [-0.39, 0.29) is 37.7 Å². The van der Waals surface area contributed by atoms with Crippen molar-refractivity contribution in [2.75, 3.05) is 31.6 Å². The van der Waals surface area contributed by atoms with E-state index in [4.69, 9.17) is 0 Å². The van der Waals surface area contributed by atoms with Crippen LogP contribution in [0.4, 0.5) is 20.4 Å². The Morgan fingerprint density at radius 3 is 2.78 bits per heavy atom. The highest BCUT2D eigenvalue weighted by Crippen LogP contribution is 2.55. The maximum Gasteiger partial charge on any atom is 0.272 e. The summed E-state index contributed by atoms with van der Waals surface area (Å²) in [6.45, 7) is 1.45. The Kier molecular flexibility index (Phi) is 4.10. The average molecular weight is 439 g/mol. The number of nitrogens with zero attached hydrogens (tertiary/aromatic N) is 5.